The van der Waals surface area contributed by atoms with Crippen LogP contribution >= 0.6 is 0 Å². The molecule has 2 rings (SSSR count). The van der Waals surface area contributed by atoms with Gasteiger partial charge in [0.25, 0.3) is 5.91 Å². The highest BCUT2D eigenvalue weighted by Crippen LogP contribution is 2.30. The summed E-state index contributed by atoms with van der Waals surface area (Å²) in [5, 5.41) is 0. The second-order valence-corrected chi connectivity index (χ2v) is 5.02. The molecule has 0 aromatic carbocycles. The van der Waals surface area contributed by atoms with Gasteiger partial charge in [0.05, 0.1) is 11.7 Å². The van der Waals surface area contributed by atoms with Crippen LogP contribution in [-0.4, -0.2) is 47.2 Å². The van der Waals surface area contributed by atoms with E-state index in [9.17, 15) is 9.59 Å². The van der Waals surface area contributed by atoms with Crippen LogP contribution in [0.1, 0.15) is 42.0 Å². The Morgan fingerprint density at radius 1 is 1.37 bits per heavy atom. The first-order valence-electron chi connectivity index (χ1n) is 6.46. The number of hydrogen-bond acceptors (Lipinski definition) is 3. The van der Waals surface area contributed by atoms with Gasteiger partial charge in [-0.2, -0.15) is 0 Å². The molecular formula is C14H19N3O2. The van der Waals surface area contributed by atoms with Gasteiger partial charge in [0, 0.05) is 27.6 Å². The molecule has 2 amide bonds. The van der Waals surface area contributed by atoms with Gasteiger partial charge in [-0.05, 0) is 25.0 Å². The fourth-order valence-electron chi connectivity index (χ4n) is 2.44. The first kappa shape index (κ1) is 13.5. The number of likely N-dealkylation sites (tertiary alicyclic amines) is 1. The van der Waals surface area contributed by atoms with Crippen molar-refractivity contribution in [2.24, 2.45) is 0 Å². The Bertz CT molecular complexity index is 499. The molecule has 1 atom stereocenters. The number of amides is 2. The number of carbonyl (C=O) groups is 2. The minimum absolute atomic E-state index is 0.00686. The Balaban J connectivity index is 2.28. The van der Waals surface area contributed by atoms with E-state index < -0.39 is 0 Å². The lowest BCUT2D eigenvalue weighted by Crippen LogP contribution is -2.29. The van der Waals surface area contributed by atoms with Gasteiger partial charge in [-0.25, -0.2) is 4.98 Å². The fraction of sp³-hybridized carbons (Fsp3) is 0.500. The van der Waals surface area contributed by atoms with Gasteiger partial charge in [0.15, 0.2) is 0 Å². The first-order chi connectivity index (χ1) is 9.00. The summed E-state index contributed by atoms with van der Waals surface area (Å²) in [5.41, 5.74) is 1.23. The molecule has 0 N–H and O–H groups in total. The predicted octanol–water partition coefficient (Wildman–Crippen LogP) is 1.47. The zero-order chi connectivity index (χ0) is 14.0. The maximum absolute atomic E-state index is 11.9. The van der Waals surface area contributed by atoms with Crippen molar-refractivity contribution in [2.75, 3.05) is 20.6 Å². The van der Waals surface area contributed by atoms with Gasteiger partial charge in [0.1, 0.15) is 5.69 Å². The Labute approximate surface area is 113 Å². The molecular weight excluding hydrogens is 242 g/mol. The van der Waals surface area contributed by atoms with Gasteiger partial charge in [-0.3, -0.25) is 9.59 Å². The Morgan fingerprint density at radius 2 is 2.11 bits per heavy atom. The van der Waals surface area contributed by atoms with Crippen molar-refractivity contribution in [1.29, 1.82) is 0 Å². The maximum atomic E-state index is 11.9. The Morgan fingerprint density at radius 3 is 2.74 bits per heavy atom. The molecule has 0 spiro atoms. The van der Waals surface area contributed by atoms with Crippen LogP contribution in [0.25, 0.3) is 0 Å². The minimum Gasteiger partial charge on any atom is -0.343 e. The molecule has 1 aliphatic rings. The van der Waals surface area contributed by atoms with E-state index in [1.807, 2.05) is 17.0 Å². The van der Waals surface area contributed by atoms with Crippen LogP contribution in [0.4, 0.5) is 0 Å². The number of pyridine rings is 1. The molecule has 102 valence electrons. The predicted molar refractivity (Wildman–Crippen MR) is 71.6 cm³/mol. The fourth-order valence-corrected chi connectivity index (χ4v) is 2.44. The molecule has 2 heterocycles. The van der Waals surface area contributed by atoms with E-state index >= 15 is 0 Å². The summed E-state index contributed by atoms with van der Waals surface area (Å²) in [7, 11) is 3.41. The van der Waals surface area contributed by atoms with E-state index in [1.54, 1.807) is 27.1 Å². The number of nitrogens with zero attached hydrogens (tertiary/aromatic N) is 3. The van der Waals surface area contributed by atoms with Crippen molar-refractivity contribution in [3.05, 3.63) is 29.6 Å². The van der Waals surface area contributed by atoms with Crippen molar-refractivity contribution < 1.29 is 9.59 Å². The number of hydrogen-bond donors (Lipinski definition) is 0. The molecule has 0 saturated carbocycles. The first-order valence-corrected chi connectivity index (χ1v) is 6.46. The van der Waals surface area contributed by atoms with E-state index in [1.165, 1.54) is 4.90 Å². The highest BCUT2D eigenvalue weighted by Gasteiger charge is 2.29. The van der Waals surface area contributed by atoms with Crippen molar-refractivity contribution >= 4 is 11.8 Å². The molecule has 0 bridgehead atoms. The van der Waals surface area contributed by atoms with Crippen LogP contribution < -0.4 is 0 Å². The van der Waals surface area contributed by atoms with Crippen LogP contribution in [0.3, 0.4) is 0 Å². The smallest absolute Gasteiger partial charge is 0.271 e. The lowest BCUT2D eigenvalue weighted by atomic mass is 10.1. The van der Waals surface area contributed by atoms with Crippen LogP contribution in [-0.2, 0) is 4.79 Å². The lowest BCUT2D eigenvalue weighted by Gasteiger charge is -2.23. The van der Waals surface area contributed by atoms with E-state index in [0.717, 1.165) is 25.1 Å². The van der Waals surface area contributed by atoms with Gasteiger partial charge >= 0.3 is 0 Å². The topological polar surface area (TPSA) is 53.5 Å². The quantitative estimate of drug-likeness (QED) is 0.810. The van der Waals surface area contributed by atoms with Gasteiger partial charge < -0.3 is 9.80 Å². The monoisotopic (exact) mass is 261 g/mol. The third-order valence-corrected chi connectivity index (χ3v) is 3.39. The summed E-state index contributed by atoms with van der Waals surface area (Å²) >= 11 is 0. The molecule has 0 radical (unpaired) electrons. The largest absolute Gasteiger partial charge is 0.343 e. The van der Waals surface area contributed by atoms with E-state index in [-0.39, 0.29) is 17.9 Å². The summed E-state index contributed by atoms with van der Waals surface area (Å²) in [4.78, 5) is 31.2. The molecule has 1 aliphatic heterocycles. The normalized spacial score (nSPS) is 18.5. The van der Waals surface area contributed by atoms with Gasteiger partial charge in [0.2, 0.25) is 5.91 Å². The van der Waals surface area contributed by atoms with E-state index in [0.29, 0.717) is 5.69 Å². The number of carbonyl (C=O) groups excluding carboxylic acids is 2. The molecule has 0 aliphatic carbocycles. The number of rotatable bonds is 2. The van der Waals surface area contributed by atoms with Crippen LogP contribution in [0, 0.1) is 0 Å². The van der Waals surface area contributed by atoms with Crippen LogP contribution in [0.15, 0.2) is 18.2 Å². The van der Waals surface area contributed by atoms with Crippen LogP contribution in [0.5, 0.6) is 0 Å². The van der Waals surface area contributed by atoms with Crippen LogP contribution in [0.2, 0.25) is 0 Å². The standard InChI is InChI=1S/C14H19N3O2/c1-10(18)17-9-5-8-13(17)11-6-4-7-12(15-11)14(19)16(2)3/h4,6-7,13H,5,8-9H2,1-3H3. The lowest BCUT2D eigenvalue weighted by molar-refractivity contribution is -0.129. The summed E-state index contributed by atoms with van der Waals surface area (Å²) in [6.07, 6.45) is 1.89. The van der Waals surface area contributed by atoms with Gasteiger partial charge in [-0.1, -0.05) is 6.07 Å². The summed E-state index contributed by atoms with van der Waals surface area (Å²) in [6.45, 7) is 2.35. The number of aromatic nitrogens is 1. The molecule has 1 fully saturated rings. The SMILES string of the molecule is CC(=O)N1CCCC1c1cccc(C(=O)N(C)C)n1. The van der Waals surface area contributed by atoms with Crippen molar-refractivity contribution in [3.8, 4) is 0 Å². The van der Waals surface area contributed by atoms with Crippen molar-refractivity contribution in [2.45, 2.75) is 25.8 Å². The van der Waals surface area contributed by atoms with E-state index in [4.69, 9.17) is 0 Å². The Kier molecular flexibility index (Phi) is 3.83. The summed E-state index contributed by atoms with van der Waals surface area (Å²) in [6, 6.07) is 5.43. The third kappa shape index (κ3) is 2.75. The average molecular weight is 261 g/mol. The van der Waals surface area contributed by atoms with Crippen molar-refractivity contribution in [1.82, 2.24) is 14.8 Å². The molecule has 19 heavy (non-hydrogen) atoms. The highest BCUT2D eigenvalue weighted by atomic mass is 16.2. The van der Waals surface area contributed by atoms with Crippen molar-refractivity contribution in [3.63, 3.8) is 0 Å². The molecule has 5 nitrogen and oxygen atoms in total. The second-order valence-electron chi connectivity index (χ2n) is 5.02. The maximum Gasteiger partial charge on any atom is 0.271 e. The van der Waals surface area contributed by atoms with E-state index in [2.05, 4.69) is 4.98 Å². The average Bonchev–Trinajstić information content (AvgIpc) is 2.87. The second kappa shape index (κ2) is 5.38. The van der Waals surface area contributed by atoms with Gasteiger partial charge in [-0.15, -0.1) is 0 Å². The third-order valence-electron chi connectivity index (χ3n) is 3.39. The molecule has 1 unspecified atom stereocenters. The molecule has 1 aromatic heterocycles. The molecule has 1 aromatic rings. The molecule has 5 heteroatoms. The Hall–Kier alpha value is -1.91. The molecule has 1 saturated heterocycles. The summed E-state index contributed by atoms with van der Waals surface area (Å²) < 4.78 is 0. The summed E-state index contributed by atoms with van der Waals surface area (Å²) in [5.74, 6) is -0.0529. The highest BCUT2D eigenvalue weighted by molar-refractivity contribution is 5.91. The minimum atomic E-state index is -0.116. The zero-order valence-corrected chi connectivity index (χ0v) is 11.6. The zero-order valence-electron chi connectivity index (χ0n) is 11.6.